The van der Waals surface area contributed by atoms with Crippen LogP contribution < -0.4 is 20.1 Å². The van der Waals surface area contributed by atoms with Crippen LogP contribution in [0.2, 0.25) is 0 Å². The Balaban J connectivity index is 0.00000385. The van der Waals surface area contributed by atoms with Crippen LogP contribution in [0.3, 0.4) is 0 Å². The summed E-state index contributed by atoms with van der Waals surface area (Å²) in [5.41, 5.74) is 2.30. The zero-order valence-electron chi connectivity index (χ0n) is 19.7. The van der Waals surface area contributed by atoms with E-state index in [1.54, 1.807) is 20.4 Å². The summed E-state index contributed by atoms with van der Waals surface area (Å²) in [7, 11) is 3.43. The van der Waals surface area contributed by atoms with Gasteiger partial charge in [0.1, 0.15) is 11.6 Å². The Morgan fingerprint density at radius 2 is 1.91 bits per heavy atom. The molecule has 0 amide bonds. The fourth-order valence-corrected chi connectivity index (χ4v) is 3.33. The van der Waals surface area contributed by atoms with Crippen LogP contribution in [-0.2, 0) is 13.0 Å². The molecule has 178 valence electrons. The van der Waals surface area contributed by atoms with Gasteiger partial charge in [0.05, 0.1) is 13.7 Å². The van der Waals surface area contributed by atoms with E-state index in [1.807, 2.05) is 42.9 Å². The molecule has 0 bridgehead atoms. The van der Waals surface area contributed by atoms with Gasteiger partial charge in [-0.05, 0) is 56.0 Å². The summed E-state index contributed by atoms with van der Waals surface area (Å²) in [4.78, 5) is 13.1. The van der Waals surface area contributed by atoms with Crippen molar-refractivity contribution >= 4 is 29.9 Å². The molecule has 33 heavy (non-hydrogen) atoms. The Morgan fingerprint density at radius 3 is 2.55 bits per heavy atom. The number of guanidine groups is 1. The van der Waals surface area contributed by atoms with Crippen molar-refractivity contribution in [3.8, 4) is 17.3 Å². The average Bonchev–Trinajstić information content (AvgIpc) is 3.25. The lowest BCUT2D eigenvalue weighted by atomic mass is 10.1. The van der Waals surface area contributed by atoms with E-state index in [-0.39, 0.29) is 24.0 Å². The fourth-order valence-electron chi connectivity index (χ4n) is 3.33. The third kappa shape index (κ3) is 7.62. The highest BCUT2D eigenvalue weighted by Gasteiger charge is 2.06. The minimum Gasteiger partial charge on any atom is -0.493 e. The van der Waals surface area contributed by atoms with E-state index in [4.69, 9.17) is 9.47 Å². The number of nitrogens with one attached hydrogen (secondary N) is 2. The number of aliphatic imine (C=N–C) groups is 1. The largest absolute Gasteiger partial charge is 0.493 e. The van der Waals surface area contributed by atoms with E-state index in [9.17, 15) is 0 Å². The van der Waals surface area contributed by atoms with Crippen molar-refractivity contribution in [3.05, 3.63) is 65.9 Å². The molecule has 0 saturated heterocycles. The average molecular weight is 564 g/mol. The summed E-state index contributed by atoms with van der Waals surface area (Å²) in [6.07, 6.45) is 7.46. The summed E-state index contributed by atoms with van der Waals surface area (Å²) in [5, 5.41) is 6.70. The van der Waals surface area contributed by atoms with Crippen molar-refractivity contribution in [3.63, 3.8) is 0 Å². The van der Waals surface area contributed by atoms with Gasteiger partial charge in [-0.3, -0.25) is 9.56 Å². The number of rotatable bonds is 10. The first kappa shape index (κ1) is 26.4. The third-order valence-electron chi connectivity index (χ3n) is 5.03. The first-order valence-corrected chi connectivity index (χ1v) is 10.8. The second-order valence-electron chi connectivity index (χ2n) is 7.24. The number of pyridine rings is 1. The van der Waals surface area contributed by atoms with E-state index in [0.717, 1.165) is 54.1 Å². The van der Waals surface area contributed by atoms with Gasteiger partial charge in [-0.15, -0.1) is 24.0 Å². The van der Waals surface area contributed by atoms with Gasteiger partial charge < -0.3 is 20.1 Å². The second-order valence-corrected chi connectivity index (χ2v) is 7.24. The molecule has 3 rings (SSSR count). The first-order chi connectivity index (χ1) is 15.6. The van der Waals surface area contributed by atoms with Crippen molar-refractivity contribution in [1.29, 1.82) is 0 Å². The summed E-state index contributed by atoms with van der Waals surface area (Å²) in [6, 6.07) is 10.1. The smallest absolute Gasteiger partial charge is 0.191 e. The molecule has 0 saturated carbocycles. The van der Waals surface area contributed by atoms with E-state index in [0.29, 0.717) is 13.2 Å². The molecular weight excluding hydrogens is 531 g/mol. The van der Waals surface area contributed by atoms with Crippen LogP contribution in [0, 0.1) is 6.92 Å². The van der Waals surface area contributed by atoms with Crippen LogP contribution in [0.5, 0.6) is 11.5 Å². The molecule has 0 aliphatic carbocycles. The van der Waals surface area contributed by atoms with E-state index in [2.05, 4.69) is 43.8 Å². The van der Waals surface area contributed by atoms with Crippen molar-refractivity contribution in [2.45, 2.75) is 33.2 Å². The summed E-state index contributed by atoms with van der Waals surface area (Å²) < 4.78 is 13.0. The van der Waals surface area contributed by atoms with Crippen LogP contribution in [0.25, 0.3) is 5.82 Å². The number of hydrogen-bond acceptors (Lipinski definition) is 5. The minimum absolute atomic E-state index is 0. The van der Waals surface area contributed by atoms with Crippen LogP contribution in [0.4, 0.5) is 0 Å². The number of halogens is 1. The molecule has 3 aromatic rings. The van der Waals surface area contributed by atoms with Crippen LogP contribution in [0.15, 0.2) is 53.9 Å². The van der Waals surface area contributed by atoms with Crippen molar-refractivity contribution in [2.24, 2.45) is 4.99 Å². The molecule has 0 atom stereocenters. The molecule has 9 heteroatoms. The monoisotopic (exact) mass is 564 g/mol. The maximum absolute atomic E-state index is 5.66. The molecule has 0 spiro atoms. The SMILES string of the molecule is CCOc1cc(CCCNC(=NC)NCc2ccc(-n3ccnc3C)nc2)ccc1OC.I. The first-order valence-electron chi connectivity index (χ1n) is 10.8. The molecule has 0 aliphatic heterocycles. The zero-order valence-corrected chi connectivity index (χ0v) is 22.0. The molecule has 0 unspecified atom stereocenters. The normalized spacial score (nSPS) is 11.0. The van der Waals surface area contributed by atoms with Crippen LogP contribution in [0.1, 0.15) is 30.3 Å². The Hall–Kier alpha value is -2.82. The number of ether oxygens (including phenoxy) is 2. The van der Waals surface area contributed by atoms with Crippen molar-refractivity contribution in [2.75, 3.05) is 27.3 Å². The molecule has 2 aromatic heterocycles. The molecular formula is C24H33IN6O2. The maximum atomic E-state index is 5.66. The van der Waals surface area contributed by atoms with Crippen molar-refractivity contribution < 1.29 is 9.47 Å². The number of imidazole rings is 1. The Kier molecular flexibility index (Phi) is 10.9. The lowest BCUT2D eigenvalue weighted by molar-refractivity contribution is 0.310. The molecule has 2 heterocycles. The van der Waals surface area contributed by atoms with Gasteiger partial charge in [0.2, 0.25) is 0 Å². The summed E-state index contributed by atoms with van der Waals surface area (Å²) in [6.45, 7) is 6.00. The quantitative estimate of drug-likeness (QED) is 0.168. The van der Waals surface area contributed by atoms with Gasteiger partial charge in [-0.25, -0.2) is 9.97 Å². The number of nitrogens with zero attached hydrogens (tertiary/aromatic N) is 4. The summed E-state index contributed by atoms with van der Waals surface area (Å²) in [5.74, 6) is 4.10. The van der Waals surface area contributed by atoms with Gasteiger partial charge in [0.15, 0.2) is 17.5 Å². The predicted octanol–water partition coefficient (Wildman–Crippen LogP) is 3.90. The van der Waals surface area contributed by atoms with Gasteiger partial charge in [0.25, 0.3) is 0 Å². The van der Waals surface area contributed by atoms with Gasteiger partial charge in [0, 0.05) is 38.7 Å². The van der Waals surface area contributed by atoms with Crippen LogP contribution in [-0.4, -0.2) is 47.8 Å². The predicted molar refractivity (Wildman–Crippen MR) is 142 cm³/mol. The number of methoxy groups -OCH3 is 1. The van der Waals surface area contributed by atoms with E-state index in [1.165, 1.54) is 5.56 Å². The van der Waals surface area contributed by atoms with E-state index < -0.39 is 0 Å². The Bertz CT molecular complexity index is 1020. The topological polar surface area (TPSA) is 85.6 Å². The highest BCUT2D eigenvalue weighted by molar-refractivity contribution is 14.0. The molecule has 0 aliphatic rings. The molecule has 1 aromatic carbocycles. The van der Waals surface area contributed by atoms with Gasteiger partial charge in [-0.2, -0.15) is 0 Å². The summed E-state index contributed by atoms with van der Waals surface area (Å²) >= 11 is 0. The van der Waals surface area contributed by atoms with Crippen molar-refractivity contribution in [1.82, 2.24) is 25.2 Å². The minimum atomic E-state index is 0. The maximum Gasteiger partial charge on any atom is 0.191 e. The number of hydrogen-bond donors (Lipinski definition) is 2. The molecule has 0 radical (unpaired) electrons. The lowest BCUT2D eigenvalue weighted by Crippen LogP contribution is -2.37. The molecule has 8 nitrogen and oxygen atoms in total. The number of benzene rings is 1. The Labute approximate surface area is 212 Å². The molecule has 2 N–H and O–H groups in total. The van der Waals surface area contributed by atoms with Gasteiger partial charge in [-0.1, -0.05) is 12.1 Å². The number of aromatic nitrogens is 3. The molecule has 0 fully saturated rings. The standard InChI is InChI=1S/C24H32N6O2.HI/c1-5-32-22-15-19(8-10-21(22)31-4)7-6-12-27-24(25-3)29-17-20-9-11-23(28-16-20)30-14-13-26-18(30)2;/h8-11,13-16H,5-7,12,17H2,1-4H3,(H2,25,27,29);1H. The highest BCUT2D eigenvalue weighted by Crippen LogP contribution is 2.28. The zero-order chi connectivity index (χ0) is 22.8. The highest BCUT2D eigenvalue weighted by atomic mass is 127. The third-order valence-corrected chi connectivity index (χ3v) is 5.03. The lowest BCUT2D eigenvalue weighted by Gasteiger charge is -2.13. The number of aryl methyl sites for hydroxylation is 2. The fraction of sp³-hybridized carbons (Fsp3) is 0.375. The second kappa shape index (κ2) is 13.7. The van der Waals surface area contributed by atoms with Gasteiger partial charge >= 0.3 is 0 Å². The van der Waals surface area contributed by atoms with Crippen LogP contribution >= 0.6 is 24.0 Å². The van der Waals surface area contributed by atoms with E-state index >= 15 is 0 Å². The Morgan fingerprint density at radius 1 is 1.09 bits per heavy atom.